The van der Waals surface area contributed by atoms with Gasteiger partial charge in [-0.3, -0.25) is 4.98 Å². The molecular formula is C31H32FN3S. The summed E-state index contributed by atoms with van der Waals surface area (Å²) in [6.45, 7) is 6.89. The van der Waals surface area contributed by atoms with Gasteiger partial charge in [0.25, 0.3) is 0 Å². The number of hydrogen-bond acceptors (Lipinski definition) is 4. The van der Waals surface area contributed by atoms with E-state index in [0.29, 0.717) is 17.7 Å². The summed E-state index contributed by atoms with van der Waals surface area (Å²) in [7, 11) is 0. The Morgan fingerprint density at radius 3 is 2.36 bits per heavy atom. The molecule has 2 aromatic carbocycles. The lowest BCUT2D eigenvalue weighted by molar-refractivity contribution is 0.614. The molecule has 0 N–H and O–H groups in total. The minimum Gasteiger partial charge on any atom is -0.252 e. The van der Waals surface area contributed by atoms with Gasteiger partial charge in [-0.25, -0.2) is 14.4 Å². The molecule has 3 nitrogen and oxygen atoms in total. The summed E-state index contributed by atoms with van der Waals surface area (Å²) in [6.07, 6.45) is 12.6. The molecular weight excluding hydrogens is 465 g/mol. The van der Waals surface area contributed by atoms with Crippen LogP contribution >= 0.6 is 11.3 Å². The van der Waals surface area contributed by atoms with Crippen LogP contribution in [-0.4, -0.2) is 15.0 Å². The average Bonchev–Trinajstić information content (AvgIpc) is 3.65. The molecule has 0 saturated carbocycles. The van der Waals surface area contributed by atoms with Gasteiger partial charge < -0.3 is 0 Å². The van der Waals surface area contributed by atoms with Gasteiger partial charge in [-0.05, 0) is 107 Å². The van der Waals surface area contributed by atoms with Crippen molar-refractivity contribution in [1.82, 2.24) is 15.0 Å². The third-order valence-electron chi connectivity index (χ3n) is 8.02. The van der Waals surface area contributed by atoms with E-state index in [0.717, 1.165) is 24.8 Å². The number of aryl methyl sites for hydroxylation is 1. The maximum atomic E-state index is 13.7. The lowest BCUT2D eigenvalue weighted by atomic mass is 9.81. The Balaban J connectivity index is 1.47. The molecule has 4 aromatic rings. The Morgan fingerprint density at radius 1 is 0.861 bits per heavy atom. The zero-order valence-electron chi connectivity index (χ0n) is 21.3. The molecule has 2 aromatic heterocycles. The van der Waals surface area contributed by atoms with E-state index < -0.39 is 5.82 Å². The fourth-order valence-electron chi connectivity index (χ4n) is 6.63. The summed E-state index contributed by atoms with van der Waals surface area (Å²) in [6, 6.07) is 7.00. The Morgan fingerprint density at radius 2 is 1.61 bits per heavy atom. The van der Waals surface area contributed by atoms with Gasteiger partial charge in [0.05, 0.1) is 22.8 Å². The average molecular weight is 498 g/mol. The number of fused-ring (bicyclic) bond motifs is 2. The van der Waals surface area contributed by atoms with E-state index in [-0.39, 0.29) is 0 Å². The molecule has 0 fully saturated rings. The number of benzene rings is 2. The van der Waals surface area contributed by atoms with Crippen molar-refractivity contribution in [2.24, 2.45) is 0 Å². The van der Waals surface area contributed by atoms with E-state index in [1.807, 2.05) is 11.7 Å². The Hall–Kier alpha value is -2.92. The van der Waals surface area contributed by atoms with Crippen LogP contribution < -0.4 is 0 Å². The van der Waals surface area contributed by atoms with Crippen molar-refractivity contribution < 1.29 is 4.39 Å². The smallest absolute Gasteiger partial charge is 0.159 e. The van der Waals surface area contributed by atoms with Gasteiger partial charge in [0.2, 0.25) is 0 Å². The molecule has 0 bridgehead atoms. The summed E-state index contributed by atoms with van der Waals surface area (Å²) in [5, 5.41) is 0. The second-order valence-corrected chi connectivity index (χ2v) is 11.6. The third kappa shape index (κ3) is 4.07. The van der Waals surface area contributed by atoms with Crippen LogP contribution in [0.5, 0.6) is 0 Å². The van der Waals surface area contributed by atoms with Crippen LogP contribution in [0.15, 0.2) is 42.3 Å². The first kappa shape index (κ1) is 23.5. The highest BCUT2D eigenvalue weighted by Gasteiger charge is 2.28. The number of aromatic nitrogens is 3. The Labute approximate surface area is 216 Å². The fraction of sp³-hybridized carbons (Fsp3) is 0.387. The van der Waals surface area contributed by atoms with Crippen molar-refractivity contribution in [2.75, 3.05) is 0 Å². The third-order valence-corrected chi connectivity index (χ3v) is 8.83. The van der Waals surface area contributed by atoms with E-state index in [1.54, 1.807) is 16.9 Å². The first-order valence-electron chi connectivity index (χ1n) is 13.2. The van der Waals surface area contributed by atoms with Crippen LogP contribution in [0.2, 0.25) is 0 Å². The zero-order chi connectivity index (χ0) is 24.8. The lowest BCUT2D eigenvalue weighted by Gasteiger charge is -2.24. The highest BCUT2D eigenvalue weighted by Crippen LogP contribution is 2.43. The molecule has 2 aliphatic rings. The predicted octanol–water partition coefficient (Wildman–Crippen LogP) is 7.85. The number of rotatable bonds is 6. The highest BCUT2D eigenvalue weighted by molar-refractivity contribution is 7.13. The molecule has 2 heterocycles. The number of halogens is 1. The van der Waals surface area contributed by atoms with Gasteiger partial charge in [0, 0.05) is 11.8 Å². The van der Waals surface area contributed by atoms with Gasteiger partial charge >= 0.3 is 0 Å². The summed E-state index contributed by atoms with van der Waals surface area (Å²) in [5.74, 6) is 0.983. The first-order valence-corrected chi connectivity index (χ1v) is 14.1. The number of hydrogen-bond donors (Lipinski definition) is 0. The van der Waals surface area contributed by atoms with E-state index in [9.17, 15) is 4.39 Å². The molecule has 36 heavy (non-hydrogen) atoms. The van der Waals surface area contributed by atoms with Gasteiger partial charge in [-0.15, -0.1) is 11.3 Å². The lowest BCUT2D eigenvalue weighted by Crippen LogP contribution is -2.10. The molecule has 1 atom stereocenters. The van der Waals surface area contributed by atoms with Crippen molar-refractivity contribution in [3.63, 3.8) is 0 Å². The van der Waals surface area contributed by atoms with Crippen molar-refractivity contribution in [1.29, 1.82) is 0 Å². The number of nitrogens with zero attached hydrogens (tertiary/aromatic N) is 3. The SMILES string of the molecule is CC(C)c1c(-c2ncc(F)cn2)cc(CC(C)c2c(-c3cncs3)ccc3c2CCC3)c2c1CCC2. The van der Waals surface area contributed by atoms with Gasteiger partial charge in [0.1, 0.15) is 0 Å². The van der Waals surface area contributed by atoms with E-state index in [1.165, 1.54) is 81.9 Å². The summed E-state index contributed by atoms with van der Waals surface area (Å²) in [4.78, 5) is 14.4. The van der Waals surface area contributed by atoms with Crippen LogP contribution in [0.3, 0.4) is 0 Å². The van der Waals surface area contributed by atoms with E-state index in [4.69, 9.17) is 0 Å². The maximum absolute atomic E-state index is 13.7. The fourth-order valence-corrected chi connectivity index (χ4v) is 7.29. The molecule has 0 radical (unpaired) electrons. The van der Waals surface area contributed by atoms with E-state index in [2.05, 4.69) is 53.9 Å². The quantitative estimate of drug-likeness (QED) is 0.272. The van der Waals surface area contributed by atoms with Crippen molar-refractivity contribution in [3.05, 3.63) is 87.1 Å². The predicted molar refractivity (Wildman–Crippen MR) is 145 cm³/mol. The molecule has 0 saturated heterocycles. The van der Waals surface area contributed by atoms with Gasteiger partial charge in [0.15, 0.2) is 11.6 Å². The minimum absolute atomic E-state index is 0.363. The standard InChI is InChI=1S/C31H32FN3S/c1-18(2)29-25-9-5-7-23(25)21(13-27(29)31-34-14-22(32)15-35-31)12-19(3)30-24-8-4-6-20(24)10-11-26(30)28-16-33-17-36-28/h10-11,13-19H,4-9,12H2,1-3H3. The Bertz CT molecular complexity index is 1410. The molecule has 6 rings (SSSR count). The van der Waals surface area contributed by atoms with Crippen LogP contribution in [0.25, 0.3) is 21.8 Å². The van der Waals surface area contributed by atoms with Gasteiger partial charge in [-0.2, -0.15) is 0 Å². The van der Waals surface area contributed by atoms with E-state index >= 15 is 0 Å². The molecule has 5 heteroatoms. The van der Waals surface area contributed by atoms with Crippen LogP contribution in [0.1, 0.15) is 84.4 Å². The largest absolute Gasteiger partial charge is 0.252 e. The van der Waals surface area contributed by atoms with Crippen LogP contribution in [-0.2, 0) is 32.1 Å². The van der Waals surface area contributed by atoms with Crippen LogP contribution in [0, 0.1) is 5.82 Å². The van der Waals surface area contributed by atoms with Gasteiger partial charge in [-0.1, -0.05) is 32.9 Å². The summed E-state index contributed by atoms with van der Waals surface area (Å²) >= 11 is 1.73. The van der Waals surface area contributed by atoms with Crippen molar-refractivity contribution in [2.45, 2.75) is 77.6 Å². The minimum atomic E-state index is -0.395. The zero-order valence-corrected chi connectivity index (χ0v) is 22.1. The van der Waals surface area contributed by atoms with Crippen molar-refractivity contribution >= 4 is 11.3 Å². The van der Waals surface area contributed by atoms with Crippen LogP contribution in [0.4, 0.5) is 4.39 Å². The molecule has 184 valence electrons. The Kier molecular flexibility index (Phi) is 6.20. The summed E-state index contributed by atoms with van der Waals surface area (Å²) < 4.78 is 13.7. The molecule has 1 unspecified atom stereocenters. The second-order valence-electron chi connectivity index (χ2n) is 10.7. The highest BCUT2D eigenvalue weighted by atomic mass is 32.1. The second kappa shape index (κ2) is 9.51. The molecule has 0 spiro atoms. The molecule has 0 aliphatic heterocycles. The normalized spacial score (nSPS) is 15.4. The monoisotopic (exact) mass is 497 g/mol. The topological polar surface area (TPSA) is 38.7 Å². The first-order chi connectivity index (χ1) is 17.5. The summed E-state index contributed by atoms with van der Waals surface area (Å²) in [5.41, 5.74) is 14.7. The maximum Gasteiger partial charge on any atom is 0.159 e. The van der Waals surface area contributed by atoms with Crippen molar-refractivity contribution in [3.8, 4) is 21.8 Å². The molecule has 0 amide bonds. The molecule has 2 aliphatic carbocycles. The number of thiazole rings is 1.